The summed E-state index contributed by atoms with van der Waals surface area (Å²) in [6.45, 7) is 5.43. The van der Waals surface area contributed by atoms with Gasteiger partial charge in [-0.2, -0.15) is 14.9 Å². The molecule has 0 amide bonds. The Hall–Kier alpha value is -1.62. The SMILES string of the molecule is Cc1cc(C)n(C(=O)c2c(Cl)c(C)nn2C)n1. The second-order valence-corrected chi connectivity index (χ2v) is 4.39. The molecule has 0 spiro atoms. The van der Waals surface area contributed by atoms with E-state index < -0.39 is 0 Å². The van der Waals surface area contributed by atoms with Crippen LogP contribution in [0, 0.1) is 20.8 Å². The number of hydrogen-bond donors (Lipinski definition) is 0. The maximum atomic E-state index is 12.3. The van der Waals surface area contributed by atoms with Gasteiger partial charge in [0.1, 0.15) is 5.69 Å². The monoisotopic (exact) mass is 252 g/mol. The lowest BCUT2D eigenvalue weighted by atomic mass is 10.3. The maximum absolute atomic E-state index is 12.3. The van der Waals surface area contributed by atoms with Gasteiger partial charge in [-0.05, 0) is 26.8 Å². The summed E-state index contributed by atoms with van der Waals surface area (Å²) in [5.74, 6) is -0.260. The van der Waals surface area contributed by atoms with Crippen molar-refractivity contribution in [3.05, 3.63) is 33.9 Å². The molecule has 0 unspecified atom stereocenters. The first-order valence-corrected chi connectivity index (χ1v) is 5.56. The molecule has 2 rings (SSSR count). The molecule has 2 aromatic heterocycles. The van der Waals surface area contributed by atoms with E-state index in [9.17, 15) is 4.79 Å². The van der Waals surface area contributed by atoms with Gasteiger partial charge in [0, 0.05) is 12.7 Å². The zero-order chi connectivity index (χ0) is 12.7. The molecule has 6 heteroatoms. The highest BCUT2D eigenvalue weighted by Gasteiger charge is 2.22. The Labute approximate surface area is 104 Å². The van der Waals surface area contributed by atoms with Crippen LogP contribution in [0.15, 0.2) is 6.07 Å². The second-order valence-electron chi connectivity index (χ2n) is 4.02. The average Bonchev–Trinajstić information content (AvgIpc) is 2.68. The van der Waals surface area contributed by atoms with Gasteiger partial charge in [-0.1, -0.05) is 11.6 Å². The van der Waals surface area contributed by atoms with Crippen molar-refractivity contribution in [1.82, 2.24) is 19.6 Å². The molecule has 0 atom stereocenters. The average molecular weight is 253 g/mol. The maximum Gasteiger partial charge on any atom is 0.298 e. The molecule has 0 aromatic carbocycles. The third-order valence-electron chi connectivity index (χ3n) is 2.55. The summed E-state index contributed by atoms with van der Waals surface area (Å²) in [6, 6.07) is 1.84. The molecule has 0 saturated heterocycles. The molecule has 0 saturated carbocycles. The van der Waals surface area contributed by atoms with E-state index in [0.717, 1.165) is 11.4 Å². The molecule has 90 valence electrons. The zero-order valence-corrected chi connectivity index (χ0v) is 10.9. The predicted octanol–water partition coefficient (Wildman–Crippen LogP) is 1.88. The first kappa shape index (κ1) is 11.9. The van der Waals surface area contributed by atoms with E-state index in [4.69, 9.17) is 11.6 Å². The van der Waals surface area contributed by atoms with Crippen LogP contribution in [0.1, 0.15) is 27.6 Å². The van der Waals surface area contributed by atoms with Crippen LogP contribution in [0.5, 0.6) is 0 Å². The molecule has 2 aromatic rings. The minimum Gasteiger partial charge on any atom is -0.265 e. The third kappa shape index (κ3) is 1.86. The minimum absolute atomic E-state index is 0.260. The van der Waals surface area contributed by atoms with E-state index in [1.54, 1.807) is 14.0 Å². The van der Waals surface area contributed by atoms with Gasteiger partial charge < -0.3 is 0 Å². The van der Waals surface area contributed by atoms with Crippen molar-refractivity contribution in [2.24, 2.45) is 7.05 Å². The van der Waals surface area contributed by atoms with Crippen LogP contribution in [-0.2, 0) is 7.05 Å². The molecule has 17 heavy (non-hydrogen) atoms. The van der Waals surface area contributed by atoms with Gasteiger partial charge in [0.05, 0.1) is 16.4 Å². The highest BCUT2D eigenvalue weighted by molar-refractivity contribution is 6.34. The molecule has 0 aliphatic carbocycles. The topological polar surface area (TPSA) is 52.7 Å². The quantitative estimate of drug-likeness (QED) is 0.779. The van der Waals surface area contributed by atoms with Crippen LogP contribution in [0.25, 0.3) is 0 Å². The summed E-state index contributed by atoms with van der Waals surface area (Å²) in [6.07, 6.45) is 0. The molecule has 0 fully saturated rings. The number of carbonyl (C=O) groups is 1. The number of halogens is 1. The predicted molar refractivity (Wildman–Crippen MR) is 64.4 cm³/mol. The zero-order valence-electron chi connectivity index (χ0n) is 10.2. The van der Waals surface area contributed by atoms with Gasteiger partial charge in [-0.3, -0.25) is 9.48 Å². The molecule has 2 heterocycles. The molecule has 0 aliphatic heterocycles. The minimum atomic E-state index is -0.260. The summed E-state index contributed by atoms with van der Waals surface area (Å²) in [4.78, 5) is 12.3. The van der Waals surface area contributed by atoms with Crippen LogP contribution in [0.4, 0.5) is 0 Å². The summed E-state index contributed by atoms with van der Waals surface area (Å²) >= 11 is 6.07. The van der Waals surface area contributed by atoms with Gasteiger partial charge in [0.2, 0.25) is 0 Å². The van der Waals surface area contributed by atoms with Gasteiger partial charge in [-0.25, -0.2) is 0 Å². The Kier molecular flexibility index (Phi) is 2.79. The summed E-state index contributed by atoms with van der Waals surface area (Å²) < 4.78 is 2.83. The van der Waals surface area contributed by atoms with E-state index in [-0.39, 0.29) is 5.91 Å². The molecule has 0 N–H and O–H groups in total. The number of nitrogens with zero attached hydrogens (tertiary/aromatic N) is 4. The number of carbonyl (C=O) groups excluding carboxylic acids is 1. The standard InChI is InChI=1S/C11H13ClN4O/c1-6-5-7(2)16(13-6)11(17)10-9(12)8(3)14-15(10)4/h5H,1-4H3. The summed E-state index contributed by atoms with van der Waals surface area (Å²) in [5.41, 5.74) is 2.57. The molecule has 5 nitrogen and oxygen atoms in total. The fourth-order valence-corrected chi connectivity index (χ4v) is 2.04. The largest absolute Gasteiger partial charge is 0.298 e. The highest BCUT2D eigenvalue weighted by Crippen LogP contribution is 2.20. The van der Waals surface area contributed by atoms with Crippen molar-refractivity contribution in [2.45, 2.75) is 20.8 Å². The Morgan fingerprint density at radius 2 is 1.94 bits per heavy atom. The summed E-state index contributed by atoms with van der Waals surface area (Å²) in [5, 5.41) is 8.64. The van der Waals surface area contributed by atoms with Gasteiger partial charge in [0.15, 0.2) is 0 Å². The van der Waals surface area contributed by atoms with E-state index >= 15 is 0 Å². The van der Waals surface area contributed by atoms with Crippen molar-refractivity contribution >= 4 is 17.5 Å². The number of rotatable bonds is 1. The van der Waals surface area contributed by atoms with E-state index in [2.05, 4.69) is 10.2 Å². The van der Waals surface area contributed by atoms with Crippen molar-refractivity contribution < 1.29 is 4.79 Å². The third-order valence-corrected chi connectivity index (χ3v) is 3.01. The smallest absolute Gasteiger partial charge is 0.265 e. The van der Waals surface area contributed by atoms with E-state index in [1.807, 2.05) is 19.9 Å². The second kappa shape index (κ2) is 4.00. The Morgan fingerprint density at radius 1 is 1.29 bits per heavy atom. The van der Waals surface area contributed by atoms with Crippen LogP contribution < -0.4 is 0 Å². The van der Waals surface area contributed by atoms with Crippen molar-refractivity contribution in [2.75, 3.05) is 0 Å². The van der Waals surface area contributed by atoms with Crippen LogP contribution in [-0.4, -0.2) is 25.5 Å². The van der Waals surface area contributed by atoms with Crippen LogP contribution in [0.3, 0.4) is 0 Å². The lowest BCUT2D eigenvalue weighted by Gasteiger charge is -2.03. The van der Waals surface area contributed by atoms with E-state index in [0.29, 0.717) is 16.4 Å². The van der Waals surface area contributed by atoms with Crippen LogP contribution >= 0.6 is 11.6 Å². The molecule has 0 aliphatic rings. The lowest BCUT2D eigenvalue weighted by Crippen LogP contribution is -2.19. The Bertz CT molecular complexity index is 597. The normalized spacial score (nSPS) is 10.9. The summed E-state index contributed by atoms with van der Waals surface area (Å²) in [7, 11) is 1.69. The van der Waals surface area contributed by atoms with Gasteiger partial charge in [0.25, 0.3) is 5.91 Å². The fraction of sp³-hybridized carbons (Fsp3) is 0.364. The Morgan fingerprint density at radius 3 is 2.35 bits per heavy atom. The van der Waals surface area contributed by atoms with Crippen molar-refractivity contribution in [3.8, 4) is 0 Å². The molecular formula is C11H13ClN4O. The highest BCUT2D eigenvalue weighted by atomic mass is 35.5. The van der Waals surface area contributed by atoms with Gasteiger partial charge in [-0.15, -0.1) is 0 Å². The molecule has 0 bridgehead atoms. The first-order valence-electron chi connectivity index (χ1n) is 5.19. The van der Waals surface area contributed by atoms with E-state index in [1.165, 1.54) is 9.36 Å². The van der Waals surface area contributed by atoms with Gasteiger partial charge >= 0.3 is 0 Å². The Balaban J connectivity index is 2.55. The lowest BCUT2D eigenvalue weighted by molar-refractivity contribution is 0.0933. The number of hydrogen-bond acceptors (Lipinski definition) is 3. The first-order chi connectivity index (χ1) is 7.91. The molecule has 0 radical (unpaired) electrons. The number of aryl methyl sites for hydroxylation is 4. The number of aromatic nitrogens is 4. The van der Waals surface area contributed by atoms with Crippen molar-refractivity contribution in [3.63, 3.8) is 0 Å². The fourth-order valence-electron chi connectivity index (χ4n) is 1.80. The van der Waals surface area contributed by atoms with Crippen molar-refractivity contribution in [1.29, 1.82) is 0 Å². The van der Waals surface area contributed by atoms with Crippen LogP contribution in [0.2, 0.25) is 5.02 Å². The molecular weight excluding hydrogens is 240 g/mol.